The standard InChI is InChI=1S/C12H19N3O5/c1-6-18-10(16)8-14-9(20-15-8)7(2)13-11(17)19-12(3,4)5/h7H,6H2,1-5H3,(H,13,17)/t7-/m0/s1. The summed E-state index contributed by atoms with van der Waals surface area (Å²) in [6.45, 7) is 8.78. The Morgan fingerprint density at radius 2 is 2.05 bits per heavy atom. The fraction of sp³-hybridized carbons (Fsp3) is 0.667. The molecule has 20 heavy (non-hydrogen) atoms. The zero-order chi connectivity index (χ0) is 15.3. The van der Waals surface area contributed by atoms with E-state index in [0.29, 0.717) is 0 Å². The van der Waals surface area contributed by atoms with Crippen molar-refractivity contribution in [1.82, 2.24) is 15.5 Å². The van der Waals surface area contributed by atoms with Crippen LogP contribution in [0.5, 0.6) is 0 Å². The zero-order valence-corrected chi connectivity index (χ0v) is 12.2. The second-order valence-electron chi connectivity index (χ2n) is 5.04. The van der Waals surface area contributed by atoms with Crippen molar-refractivity contribution in [1.29, 1.82) is 0 Å². The number of carbonyl (C=O) groups excluding carboxylic acids is 2. The summed E-state index contributed by atoms with van der Waals surface area (Å²) in [5.41, 5.74) is -0.602. The zero-order valence-electron chi connectivity index (χ0n) is 12.2. The molecular weight excluding hydrogens is 266 g/mol. The molecule has 0 aliphatic rings. The van der Waals surface area contributed by atoms with E-state index >= 15 is 0 Å². The number of carbonyl (C=O) groups is 2. The first-order valence-corrected chi connectivity index (χ1v) is 6.23. The Bertz CT molecular complexity index is 478. The minimum atomic E-state index is -0.674. The van der Waals surface area contributed by atoms with Crippen molar-refractivity contribution in [3.63, 3.8) is 0 Å². The van der Waals surface area contributed by atoms with E-state index in [9.17, 15) is 9.59 Å². The van der Waals surface area contributed by atoms with Gasteiger partial charge in [-0.3, -0.25) is 0 Å². The highest BCUT2D eigenvalue weighted by Gasteiger charge is 2.23. The van der Waals surface area contributed by atoms with Crippen molar-refractivity contribution < 1.29 is 23.6 Å². The number of hydrogen-bond donors (Lipinski definition) is 1. The Morgan fingerprint density at radius 3 is 2.60 bits per heavy atom. The van der Waals surface area contributed by atoms with Crippen molar-refractivity contribution in [2.24, 2.45) is 0 Å². The third-order valence-corrected chi connectivity index (χ3v) is 2.00. The highest BCUT2D eigenvalue weighted by molar-refractivity contribution is 5.84. The summed E-state index contributed by atoms with van der Waals surface area (Å²) in [4.78, 5) is 26.8. The fourth-order valence-corrected chi connectivity index (χ4v) is 1.24. The molecule has 0 aromatic carbocycles. The van der Waals surface area contributed by atoms with Gasteiger partial charge in [0.15, 0.2) is 0 Å². The Morgan fingerprint density at radius 1 is 1.40 bits per heavy atom. The first kappa shape index (κ1) is 15.9. The van der Waals surface area contributed by atoms with Gasteiger partial charge >= 0.3 is 12.1 Å². The summed E-state index contributed by atoms with van der Waals surface area (Å²) in [6.07, 6.45) is -0.610. The number of alkyl carbamates (subject to hydrolysis) is 1. The molecule has 0 spiro atoms. The summed E-state index contributed by atoms with van der Waals surface area (Å²) in [5.74, 6) is -0.759. The molecule has 8 heteroatoms. The molecular formula is C12H19N3O5. The number of ether oxygens (including phenoxy) is 2. The molecule has 1 atom stereocenters. The van der Waals surface area contributed by atoms with Gasteiger partial charge in [-0.15, -0.1) is 0 Å². The number of aromatic nitrogens is 2. The third kappa shape index (κ3) is 4.87. The predicted molar refractivity (Wildman–Crippen MR) is 68.0 cm³/mol. The maximum Gasteiger partial charge on any atom is 0.408 e. The lowest BCUT2D eigenvalue weighted by atomic mass is 10.2. The SMILES string of the molecule is CCOC(=O)c1noc([C@H](C)NC(=O)OC(C)(C)C)n1. The second kappa shape index (κ2) is 6.36. The van der Waals surface area contributed by atoms with Gasteiger partial charge < -0.3 is 19.3 Å². The van der Waals surface area contributed by atoms with Gasteiger partial charge in [-0.05, 0) is 39.8 Å². The van der Waals surface area contributed by atoms with Crippen molar-refractivity contribution in [2.45, 2.75) is 46.3 Å². The quantitative estimate of drug-likeness (QED) is 0.841. The van der Waals surface area contributed by atoms with Crippen LogP contribution in [0.4, 0.5) is 4.79 Å². The lowest BCUT2D eigenvalue weighted by Gasteiger charge is -2.20. The van der Waals surface area contributed by atoms with E-state index in [1.54, 1.807) is 34.6 Å². The van der Waals surface area contributed by atoms with E-state index in [4.69, 9.17) is 14.0 Å². The van der Waals surface area contributed by atoms with E-state index in [-0.39, 0.29) is 18.3 Å². The molecule has 0 aliphatic carbocycles. The maximum absolute atomic E-state index is 11.6. The summed E-state index contributed by atoms with van der Waals surface area (Å²) in [6, 6.07) is -0.583. The molecule has 0 aliphatic heterocycles. The van der Waals surface area contributed by atoms with Crippen molar-refractivity contribution >= 4 is 12.1 Å². The van der Waals surface area contributed by atoms with Crippen molar-refractivity contribution in [3.8, 4) is 0 Å². The van der Waals surface area contributed by atoms with Gasteiger partial charge in [0.1, 0.15) is 11.6 Å². The van der Waals surface area contributed by atoms with Gasteiger partial charge in [0, 0.05) is 0 Å². The lowest BCUT2D eigenvalue weighted by Crippen LogP contribution is -2.34. The maximum atomic E-state index is 11.6. The van der Waals surface area contributed by atoms with Crippen LogP contribution in [-0.2, 0) is 9.47 Å². The summed E-state index contributed by atoms with van der Waals surface area (Å²) < 4.78 is 14.7. The monoisotopic (exact) mass is 285 g/mol. The van der Waals surface area contributed by atoms with Crippen molar-refractivity contribution in [3.05, 3.63) is 11.7 Å². The largest absolute Gasteiger partial charge is 0.460 e. The topological polar surface area (TPSA) is 104 Å². The highest BCUT2D eigenvalue weighted by atomic mass is 16.6. The number of nitrogens with zero attached hydrogens (tertiary/aromatic N) is 2. The Labute approximate surface area is 116 Å². The number of amides is 1. The van der Waals surface area contributed by atoms with Crippen LogP contribution >= 0.6 is 0 Å². The van der Waals surface area contributed by atoms with Crippen LogP contribution in [0.25, 0.3) is 0 Å². The van der Waals surface area contributed by atoms with Gasteiger partial charge in [0.05, 0.1) is 6.61 Å². The molecule has 1 aromatic rings. The molecule has 0 saturated heterocycles. The normalized spacial score (nSPS) is 12.7. The number of esters is 1. The molecule has 1 heterocycles. The van der Waals surface area contributed by atoms with E-state index in [1.807, 2.05) is 0 Å². The molecule has 0 fully saturated rings. The van der Waals surface area contributed by atoms with Crippen LogP contribution in [0.15, 0.2) is 4.52 Å². The van der Waals surface area contributed by atoms with Crippen LogP contribution in [0.2, 0.25) is 0 Å². The Kier molecular flexibility index (Phi) is 5.06. The minimum Gasteiger partial charge on any atom is -0.460 e. The summed E-state index contributed by atoms with van der Waals surface area (Å²) in [7, 11) is 0. The van der Waals surface area contributed by atoms with Gasteiger partial charge in [0.25, 0.3) is 5.82 Å². The van der Waals surface area contributed by atoms with Gasteiger partial charge in [-0.25, -0.2) is 9.59 Å². The molecule has 1 rings (SSSR count). The van der Waals surface area contributed by atoms with E-state index < -0.39 is 23.7 Å². The average molecular weight is 285 g/mol. The lowest BCUT2D eigenvalue weighted by molar-refractivity contribution is 0.0491. The van der Waals surface area contributed by atoms with Crippen molar-refractivity contribution in [2.75, 3.05) is 6.61 Å². The molecule has 0 bridgehead atoms. The number of nitrogens with one attached hydrogen (secondary N) is 1. The highest BCUT2D eigenvalue weighted by Crippen LogP contribution is 2.12. The van der Waals surface area contributed by atoms with Crippen LogP contribution < -0.4 is 5.32 Å². The molecule has 1 amide bonds. The molecule has 1 N–H and O–H groups in total. The Balaban J connectivity index is 2.62. The van der Waals surface area contributed by atoms with E-state index in [1.165, 1.54) is 0 Å². The van der Waals surface area contributed by atoms with Crippen LogP contribution in [0, 0.1) is 0 Å². The van der Waals surface area contributed by atoms with Gasteiger partial charge in [-0.2, -0.15) is 4.98 Å². The predicted octanol–water partition coefficient (Wildman–Crippen LogP) is 1.83. The number of rotatable bonds is 4. The smallest absolute Gasteiger partial charge is 0.408 e. The van der Waals surface area contributed by atoms with Crippen LogP contribution in [-0.4, -0.2) is 34.4 Å². The molecule has 112 valence electrons. The molecule has 0 unspecified atom stereocenters. The molecule has 1 aromatic heterocycles. The van der Waals surface area contributed by atoms with Crippen LogP contribution in [0.3, 0.4) is 0 Å². The molecule has 8 nitrogen and oxygen atoms in total. The first-order valence-electron chi connectivity index (χ1n) is 6.23. The molecule has 0 saturated carbocycles. The third-order valence-electron chi connectivity index (χ3n) is 2.00. The summed E-state index contributed by atoms with van der Waals surface area (Å²) in [5, 5.41) is 6.01. The Hall–Kier alpha value is -2.12. The van der Waals surface area contributed by atoms with E-state index in [0.717, 1.165) is 0 Å². The summed E-state index contributed by atoms with van der Waals surface area (Å²) >= 11 is 0. The van der Waals surface area contributed by atoms with E-state index in [2.05, 4.69) is 15.5 Å². The second-order valence-corrected chi connectivity index (χ2v) is 5.04. The minimum absolute atomic E-state index is 0.0962. The fourth-order valence-electron chi connectivity index (χ4n) is 1.24. The molecule has 0 radical (unpaired) electrons. The van der Waals surface area contributed by atoms with Gasteiger partial charge in [-0.1, -0.05) is 0 Å². The van der Waals surface area contributed by atoms with Crippen LogP contribution in [0.1, 0.15) is 57.2 Å². The number of hydrogen-bond acceptors (Lipinski definition) is 7. The average Bonchev–Trinajstić information content (AvgIpc) is 2.75. The first-order chi connectivity index (χ1) is 9.23. The van der Waals surface area contributed by atoms with Gasteiger partial charge in [0.2, 0.25) is 5.89 Å².